The Balaban J connectivity index is 2.52. The minimum atomic E-state index is -2.33. The molecule has 0 aromatic heterocycles. The molecule has 0 radical (unpaired) electrons. The average molecular weight is 106 g/mol. The van der Waals surface area contributed by atoms with Gasteiger partial charge >= 0.3 is 0 Å². The third kappa shape index (κ3) is 0.455. The number of hydrogen-bond acceptors (Lipinski definition) is 0. The average Bonchev–Trinajstić information content (AvgIpc) is 1.91. The highest BCUT2D eigenvalue weighted by atomic mass is 19.3. The van der Waals surface area contributed by atoms with Gasteiger partial charge in [-0.2, -0.15) is 0 Å². The molecule has 2 heteroatoms. The third-order valence-electron chi connectivity index (χ3n) is 1.86. The molecule has 0 bridgehead atoms. The fourth-order valence-corrected chi connectivity index (χ4v) is 0.674. The van der Waals surface area contributed by atoms with Crippen molar-refractivity contribution in [3.63, 3.8) is 0 Å². The van der Waals surface area contributed by atoms with E-state index in [9.17, 15) is 8.78 Å². The molecular weight excluding hydrogens is 98.1 g/mol. The smallest absolute Gasteiger partial charge is 0.206 e. The van der Waals surface area contributed by atoms with Crippen molar-refractivity contribution in [1.82, 2.24) is 0 Å². The molecule has 0 unspecified atom stereocenters. The summed E-state index contributed by atoms with van der Waals surface area (Å²) in [7, 11) is 0. The summed E-state index contributed by atoms with van der Waals surface area (Å²) in [6.07, 6.45) is 0. The number of alkyl halides is 2. The number of hydrogen-bond donors (Lipinski definition) is 0. The van der Waals surface area contributed by atoms with Gasteiger partial charge in [-0.25, -0.2) is 8.78 Å². The van der Waals surface area contributed by atoms with E-state index in [1.165, 1.54) is 0 Å². The second-order valence-corrected chi connectivity index (χ2v) is 2.25. The van der Waals surface area contributed by atoms with Crippen LogP contribution in [-0.4, -0.2) is 5.92 Å². The van der Waals surface area contributed by atoms with Gasteiger partial charge in [0.2, 0.25) is 0 Å². The van der Waals surface area contributed by atoms with Crippen molar-refractivity contribution in [3.8, 4) is 0 Å². The van der Waals surface area contributed by atoms with Gasteiger partial charge in [-0.3, -0.25) is 0 Å². The molecule has 0 spiro atoms. The van der Waals surface area contributed by atoms with E-state index >= 15 is 0 Å². The first kappa shape index (κ1) is 5.01. The maximum Gasteiger partial charge on any atom is 0.254 e. The molecule has 7 heavy (non-hydrogen) atoms. The van der Waals surface area contributed by atoms with E-state index in [1.807, 2.05) is 0 Å². The molecule has 1 saturated carbocycles. The molecule has 1 fully saturated rings. The Morgan fingerprint density at radius 1 is 1.14 bits per heavy atom. The lowest BCUT2D eigenvalue weighted by Gasteiger charge is -1.84. The Morgan fingerprint density at radius 3 is 1.29 bits per heavy atom. The van der Waals surface area contributed by atoms with Crippen LogP contribution in [0.5, 0.6) is 0 Å². The van der Waals surface area contributed by atoms with E-state index in [2.05, 4.69) is 0 Å². The molecule has 0 nitrogen and oxygen atoms in total. The van der Waals surface area contributed by atoms with Crippen molar-refractivity contribution in [1.29, 1.82) is 0 Å². The summed E-state index contributed by atoms with van der Waals surface area (Å²) in [4.78, 5) is 0. The van der Waals surface area contributed by atoms with Crippen LogP contribution >= 0.6 is 0 Å². The zero-order valence-corrected chi connectivity index (χ0v) is 4.41. The SMILES string of the molecule is C[C@@H]1[C@@H](C)C1(F)F. The molecule has 0 amide bonds. The maximum absolute atomic E-state index is 11.9. The highest BCUT2D eigenvalue weighted by Gasteiger charge is 2.62. The largest absolute Gasteiger partial charge is 0.254 e. The predicted molar refractivity (Wildman–Crippen MR) is 23.3 cm³/mol. The maximum atomic E-state index is 11.9. The van der Waals surface area contributed by atoms with Crippen LogP contribution in [0, 0.1) is 11.8 Å². The molecule has 1 aliphatic rings. The van der Waals surface area contributed by atoms with Crippen molar-refractivity contribution in [3.05, 3.63) is 0 Å². The van der Waals surface area contributed by atoms with Gasteiger partial charge in [0, 0.05) is 11.8 Å². The molecule has 1 rings (SSSR count). The van der Waals surface area contributed by atoms with Crippen molar-refractivity contribution >= 4 is 0 Å². The highest BCUT2D eigenvalue weighted by Crippen LogP contribution is 2.54. The molecule has 0 heterocycles. The molecule has 0 N–H and O–H groups in total. The Bertz CT molecular complexity index is 78.1. The summed E-state index contributed by atoms with van der Waals surface area (Å²) in [6, 6.07) is 0. The first-order valence-electron chi connectivity index (χ1n) is 2.44. The molecule has 0 aromatic rings. The molecule has 0 aromatic carbocycles. The van der Waals surface area contributed by atoms with Crippen LogP contribution in [0.15, 0.2) is 0 Å². The first-order chi connectivity index (χ1) is 3.07. The molecular formula is C5H8F2. The van der Waals surface area contributed by atoms with Crippen LogP contribution in [0.4, 0.5) is 8.78 Å². The monoisotopic (exact) mass is 106 g/mol. The number of rotatable bonds is 0. The van der Waals surface area contributed by atoms with Gasteiger partial charge in [-0.1, -0.05) is 13.8 Å². The Kier molecular flexibility index (Phi) is 0.704. The minimum Gasteiger partial charge on any atom is -0.206 e. The lowest BCUT2D eigenvalue weighted by Crippen LogP contribution is -1.90. The van der Waals surface area contributed by atoms with E-state index in [-0.39, 0.29) is 11.8 Å². The fourth-order valence-electron chi connectivity index (χ4n) is 0.674. The van der Waals surface area contributed by atoms with Crippen LogP contribution in [-0.2, 0) is 0 Å². The van der Waals surface area contributed by atoms with Crippen LogP contribution in [0.25, 0.3) is 0 Å². The van der Waals surface area contributed by atoms with Gasteiger partial charge in [0.15, 0.2) is 0 Å². The molecule has 42 valence electrons. The Hall–Kier alpha value is -0.140. The lowest BCUT2D eigenvalue weighted by molar-refractivity contribution is 0.0892. The van der Waals surface area contributed by atoms with Gasteiger partial charge in [-0.05, 0) is 0 Å². The zero-order valence-electron chi connectivity index (χ0n) is 4.41. The summed E-state index contributed by atoms with van der Waals surface area (Å²) < 4.78 is 23.8. The van der Waals surface area contributed by atoms with E-state index in [1.54, 1.807) is 13.8 Å². The normalized spacial score (nSPS) is 46.3. The lowest BCUT2D eigenvalue weighted by atomic mass is 10.4. The van der Waals surface area contributed by atoms with Crippen LogP contribution in [0.2, 0.25) is 0 Å². The van der Waals surface area contributed by atoms with Crippen LogP contribution in [0.1, 0.15) is 13.8 Å². The Labute approximate surface area is 41.5 Å². The summed E-state index contributed by atoms with van der Waals surface area (Å²) in [5, 5.41) is 0. The van der Waals surface area contributed by atoms with Crippen molar-refractivity contribution in [2.75, 3.05) is 0 Å². The quantitative estimate of drug-likeness (QED) is 0.442. The van der Waals surface area contributed by atoms with E-state index < -0.39 is 5.92 Å². The van der Waals surface area contributed by atoms with E-state index in [0.717, 1.165) is 0 Å². The molecule has 0 saturated heterocycles. The van der Waals surface area contributed by atoms with Gasteiger partial charge in [0.05, 0.1) is 0 Å². The first-order valence-corrected chi connectivity index (χ1v) is 2.44. The van der Waals surface area contributed by atoms with E-state index in [0.29, 0.717) is 0 Å². The minimum absolute atomic E-state index is 0.368. The van der Waals surface area contributed by atoms with Crippen molar-refractivity contribution in [2.45, 2.75) is 19.8 Å². The van der Waals surface area contributed by atoms with Crippen molar-refractivity contribution < 1.29 is 8.78 Å². The van der Waals surface area contributed by atoms with Gasteiger partial charge in [-0.15, -0.1) is 0 Å². The van der Waals surface area contributed by atoms with Crippen molar-refractivity contribution in [2.24, 2.45) is 11.8 Å². The summed E-state index contributed by atoms with van der Waals surface area (Å²) >= 11 is 0. The molecule has 1 aliphatic carbocycles. The topological polar surface area (TPSA) is 0 Å². The van der Waals surface area contributed by atoms with Gasteiger partial charge in [0.1, 0.15) is 0 Å². The summed E-state index contributed by atoms with van der Waals surface area (Å²) in [6.45, 7) is 3.15. The zero-order chi connectivity index (χ0) is 5.65. The Morgan fingerprint density at radius 2 is 1.29 bits per heavy atom. The summed E-state index contributed by atoms with van der Waals surface area (Å²) in [5.41, 5.74) is 0. The number of halogens is 2. The fraction of sp³-hybridized carbons (Fsp3) is 1.00. The van der Waals surface area contributed by atoms with Crippen LogP contribution in [0.3, 0.4) is 0 Å². The summed E-state index contributed by atoms with van der Waals surface area (Å²) in [5.74, 6) is -3.07. The molecule has 0 aliphatic heterocycles. The second kappa shape index (κ2) is 0.984. The van der Waals surface area contributed by atoms with Gasteiger partial charge in [0.25, 0.3) is 5.92 Å². The third-order valence-corrected chi connectivity index (χ3v) is 1.86. The molecule has 2 atom stereocenters. The van der Waals surface area contributed by atoms with Crippen LogP contribution < -0.4 is 0 Å². The standard InChI is InChI=1S/C5H8F2/c1-3-4(2)5(3,6)7/h3-4H,1-2H3/t3-,4-/m1/s1. The second-order valence-electron chi connectivity index (χ2n) is 2.25. The predicted octanol–water partition coefficient (Wildman–Crippen LogP) is 1.91. The highest BCUT2D eigenvalue weighted by molar-refractivity contribution is 4.99. The van der Waals surface area contributed by atoms with E-state index in [4.69, 9.17) is 0 Å². The van der Waals surface area contributed by atoms with Gasteiger partial charge < -0.3 is 0 Å².